The highest BCUT2D eigenvalue weighted by Crippen LogP contribution is 2.27. The molecule has 2 aromatic rings. The summed E-state index contributed by atoms with van der Waals surface area (Å²) in [6, 6.07) is 11.6. The molecule has 1 aliphatic heterocycles. The van der Waals surface area contributed by atoms with E-state index in [2.05, 4.69) is 0 Å². The van der Waals surface area contributed by atoms with Gasteiger partial charge in [-0.25, -0.2) is 8.42 Å². The summed E-state index contributed by atoms with van der Waals surface area (Å²) in [5.41, 5.74) is 0.911. The molecule has 0 aromatic heterocycles. The topological polar surface area (TPSA) is 66.9 Å². The maximum absolute atomic E-state index is 13.2. The summed E-state index contributed by atoms with van der Waals surface area (Å²) in [6.07, 6.45) is 2.70. The van der Waals surface area contributed by atoms with Crippen LogP contribution in [0.5, 0.6) is 5.75 Å². The molecule has 1 amide bonds. The Morgan fingerprint density at radius 2 is 1.83 bits per heavy atom. The van der Waals surface area contributed by atoms with E-state index >= 15 is 0 Å². The number of piperidine rings is 1. The van der Waals surface area contributed by atoms with E-state index in [1.165, 1.54) is 15.3 Å². The van der Waals surface area contributed by atoms with E-state index in [0.717, 1.165) is 24.8 Å². The van der Waals surface area contributed by atoms with Crippen molar-refractivity contribution in [2.45, 2.75) is 30.7 Å². The fraction of sp³-hybridized carbons (Fsp3) is 0.381. The first-order valence-corrected chi connectivity index (χ1v) is 11.3. The van der Waals surface area contributed by atoms with E-state index in [1.54, 1.807) is 50.6 Å². The van der Waals surface area contributed by atoms with Gasteiger partial charge in [-0.2, -0.15) is 4.31 Å². The van der Waals surface area contributed by atoms with Gasteiger partial charge in [0.2, 0.25) is 10.0 Å². The Kier molecular flexibility index (Phi) is 6.82. The molecule has 29 heavy (non-hydrogen) atoms. The van der Waals surface area contributed by atoms with Crippen LogP contribution in [0.2, 0.25) is 5.02 Å². The average Bonchev–Trinajstić information content (AvgIpc) is 2.74. The van der Waals surface area contributed by atoms with E-state index < -0.39 is 10.0 Å². The van der Waals surface area contributed by atoms with Crippen LogP contribution in [0.25, 0.3) is 0 Å². The minimum atomic E-state index is -3.72. The third kappa shape index (κ3) is 4.74. The second kappa shape index (κ2) is 9.15. The fourth-order valence-corrected chi connectivity index (χ4v) is 5.41. The predicted molar refractivity (Wildman–Crippen MR) is 113 cm³/mol. The molecule has 0 spiro atoms. The van der Waals surface area contributed by atoms with Gasteiger partial charge in [-0.15, -0.1) is 0 Å². The zero-order valence-electron chi connectivity index (χ0n) is 16.6. The minimum absolute atomic E-state index is 0.0526. The average molecular weight is 437 g/mol. The highest BCUT2D eigenvalue weighted by atomic mass is 35.5. The van der Waals surface area contributed by atoms with E-state index in [9.17, 15) is 13.2 Å². The van der Waals surface area contributed by atoms with Crippen LogP contribution in [0.15, 0.2) is 47.4 Å². The van der Waals surface area contributed by atoms with Crippen LogP contribution in [-0.4, -0.2) is 50.8 Å². The monoisotopic (exact) mass is 436 g/mol. The molecule has 0 atom stereocenters. The lowest BCUT2D eigenvalue weighted by molar-refractivity contribution is 0.0780. The van der Waals surface area contributed by atoms with Crippen LogP contribution < -0.4 is 4.74 Å². The Balaban J connectivity index is 1.89. The van der Waals surface area contributed by atoms with Crippen molar-refractivity contribution in [2.24, 2.45) is 0 Å². The van der Waals surface area contributed by atoms with E-state index in [1.807, 2.05) is 0 Å². The van der Waals surface area contributed by atoms with Crippen LogP contribution in [-0.2, 0) is 16.6 Å². The molecule has 6 nitrogen and oxygen atoms in total. The Morgan fingerprint density at radius 1 is 1.14 bits per heavy atom. The summed E-state index contributed by atoms with van der Waals surface area (Å²) in [4.78, 5) is 14.7. The molecule has 8 heteroatoms. The van der Waals surface area contributed by atoms with Crippen molar-refractivity contribution in [1.29, 1.82) is 0 Å². The summed E-state index contributed by atoms with van der Waals surface area (Å²) in [6.45, 7) is 1.21. The molecule has 1 aliphatic rings. The number of halogens is 1. The predicted octanol–water partition coefficient (Wildman–Crippen LogP) is 3.80. The SMILES string of the molecule is COc1ccc(Cl)cc1CN(C)C(=O)c1ccccc1S(=O)(=O)N1CCCCC1. The molecule has 0 unspecified atom stereocenters. The van der Waals surface area contributed by atoms with Gasteiger partial charge >= 0.3 is 0 Å². The third-order valence-electron chi connectivity index (χ3n) is 5.05. The maximum Gasteiger partial charge on any atom is 0.255 e. The Bertz CT molecular complexity index is 988. The van der Waals surface area contributed by atoms with Gasteiger partial charge in [-0.1, -0.05) is 30.2 Å². The molecule has 0 N–H and O–H groups in total. The van der Waals surface area contributed by atoms with Gasteiger partial charge in [0.25, 0.3) is 5.91 Å². The number of ether oxygens (including phenoxy) is 1. The van der Waals surface area contributed by atoms with Crippen molar-refractivity contribution in [1.82, 2.24) is 9.21 Å². The number of amides is 1. The van der Waals surface area contributed by atoms with Gasteiger partial charge in [0, 0.05) is 37.3 Å². The molecule has 1 fully saturated rings. The minimum Gasteiger partial charge on any atom is -0.496 e. The summed E-state index contributed by atoms with van der Waals surface area (Å²) in [5, 5.41) is 0.537. The standard InChI is InChI=1S/C21H25ClN2O4S/c1-23(15-16-14-17(22)10-11-19(16)28-2)21(25)18-8-4-5-9-20(18)29(26,27)24-12-6-3-7-13-24/h4-5,8-11,14H,3,6-7,12-13,15H2,1-2H3. The normalized spacial score (nSPS) is 15.1. The zero-order valence-corrected chi connectivity index (χ0v) is 18.2. The van der Waals surface area contributed by atoms with Crippen molar-refractivity contribution < 1.29 is 17.9 Å². The van der Waals surface area contributed by atoms with Crippen LogP contribution in [0.1, 0.15) is 35.2 Å². The van der Waals surface area contributed by atoms with Gasteiger partial charge in [0.1, 0.15) is 5.75 Å². The van der Waals surface area contributed by atoms with Gasteiger partial charge in [-0.3, -0.25) is 4.79 Å². The second-order valence-corrected chi connectivity index (χ2v) is 9.42. The third-order valence-corrected chi connectivity index (χ3v) is 7.24. The second-order valence-electron chi connectivity index (χ2n) is 7.08. The zero-order chi connectivity index (χ0) is 21.0. The number of rotatable bonds is 6. The molecular formula is C21H25ClN2O4S. The van der Waals surface area contributed by atoms with E-state index in [-0.39, 0.29) is 22.9 Å². The van der Waals surface area contributed by atoms with Crippen LogP contribution >= 0.6 is 11.6 Å². The summed E-state index contributed by atoms with van der Waals surface area (Å²) >= 11 is 6.08. The van der Waals surface area contributed by atoms with Gasteiger partial charge in [0.05, 0.1) is 17.6 Å². The highest BCUT2D eigenvalue weighted by Gasteiger charge is 2.30. The quantitative estimate of drug-likeness (QED) is 0.690. The maximum atomic E-state index is 13.2. The Labute approximate surface area is 177 Å². The van der Waals surface area contributed by atoms with Gasteiger partial charge in [-0.05, 0) is 43.2 Å². The number of sulfonamides is 1. The molecule has 3 rings (SSSR count). The van der Waals surface area contributed by atoms with Crippen LogP contribution in [0.4, 0.5) is 0 Å². The largest absolute Gasteiger partial charge is 0.496 e. The van der Waals surface area contributed by atoms with Crippen molar-refractivity contribution in [2.75, 3.05) is 27.2 Å². The number of benzene rings is 2. The first kappa shape index (κ1) is 21.6. The molecule has 156 valence electrons. The molecule has 0 radical (unpaired) electrons. The number of carbonyl (C=O) groups is 1. The van der Waals surface area contributed by atoms with E-state index in [4.69, 9.17) is 16.3 Å². The first-order chi connectivity index (χ1) is 13.8. The summed E-state index contributed by atoms with van der Waals surface area (Å²) < 4.78 is 33.1. The molecule has 1 heterocycles. The Morgan fingerprint density at radius 3 is 2.52 bits per heavy atom. The van der Waals surface area contributed by atoms with Gasteiger partial charge < -0.3 is 9.64 Å². The van der Waals surface area contributed by atoms with Crippen molar-refractivity contribution >= 4 is 27.5 Å². The lowest BCUT2D eigenvalue weighted by atomic mass is 10.1. The smallest absolute Gasteiger partial charge is 0.255 e. The fourth-order valence-electron chi connectivity index (χ4n) is 3.52. The Hall–Kier alpha value is -2.09. The number of carbonyl (C=O) groups excluding carboxylic acids is 1. The lowest BCUT2D eigenvalue weighted by Crippen LogP contribution is -2.37. The summed E-state index contributed by atoms with van der Waals surface area (Å²) in [5.74, 6) is 0.242. The number of nitrogens with zero attached hydrogens (tertiary/aromatic N) is 2. The molecule has 1 saturated heterocycles. The lowest BCUT2D eigenvalue weighted by Gasteiger charge is -2.27. The molecule has 0 aliphatic carbocycles. The molecule has 0 saturated carbocycles. The van der Waals surface area contributed by atoms with Crippen molar-refractivity contribution in [3.05, 3.63) is 58.6 Å². The van der Waals surface area contributed by atoms with Crippen molar-refractivity contribution in [3.8, 4) is 5.75 Å². The van der Waals surface area contributed by atoms with Gasteiger partial charge in [0.15, 0.2) is 0 Å². The van der Waals surface area contributed by atoms with Crippen LogP contribution in [0.3, 0.4) is 0 Å². The van der Waals surface area contributed by atoms with Crippen LogP contribution in [0, 0.1) is 0 Å². The van der Waals surface area contributed by atoms with Crippen molar-refractivity contribution in [3.63, 3.8) is 0 Å². The molecule has 2 aromatic carbocycles. The number of hydrogen-bond donors (Lipinski definition) is 0. The summed E-state index contributed by atoms with van der Waals surface area (Å²) in [7, 11) is -0.541. The number of hydrogen-bond acceptors (Lipinski definition) is 4. The van der Waals surface area contributed by atoms with E-state index in [0.29, 0.717) is 23.9 Å². The molecular weight excluding hydrogens is 412 g/mol. The number of methoxy groups -OCH3 is 1. The highest BCUT2D eigenvalue weighted by molar-refractivity contribution is 7.89. The molecule has 0 bridgehead atoms. The first-order valence-electron chi connectivity index (χ1n) is 9.51.